The molecule has 0 aliphatic carbocycles. The number of ether oxygens (including phenoxy) is 3. The fraction of sp³-hybridized carbons (Fsp3) is 0.478. The first-order valence-electron chi connectivity index (χ1n) is 10.4. The van der Waals surface area contributed by atoms with E-state index in [4.69, 9.17) is 18.6 Å². The van der Waals surface area contributed by atoms with Crippen molar-refractivity contribution in [1.29, 1.82) is 0 Å². The highest BCUT2D eigenvalue weighted by atomic mass is 16.5. The molecule has 1 aromatic carbocycles. The highest BCUT2D eigenvalue weighted by Crippen LogP contribution is 2.29. The number of rotatable bonds is 11. The van der Waals surface area contributed by atoms with E-state index < -0.39 is 6.03 Å². The molecule has 0 bridgehead atoms. The van der Waals surface area contributed by atoms with Crippen molar-refractivity contribution in [2.45, 2.75) is 33.4 Å². The minimum absolute atomic E-state index is 0.0919. The fourth-order valence-electron chi connectivity index (χ4n) is 3.08. The standard InChI is InChI=1S/C23H33N3O6/c1-16(2)26(23(28)24-20-10-9-18(30-5)13-21(20)31-6)15-22(27)25(11-12-29-4)14-19-8-7-17(3)32-19/h7-10,13,16H,11-12,14-15H2,1-6H3,(H,24,28). The second kappa shape index (κ2) is 12.0. The Kier molecular flexibility index (Phi) is 9.39. The number of nitrogens with one attached hydrogen (secondary N) is 1. The molecular weight excluding hydrogens is 414 g/mol. The summed E-state index contributed by atoms with van der Waals surface area (Å²) in [6, 6.07) is 8.17. The van der Waals surface area contributed by atoms with Gasteiger partial charge in [-0.3, -0.25) is 4.79 Å². The van der Waals surface area contributed by atoms with Crippen molar-refractivity contribution in [3.8, 4) is 11.5 Å². The third-order valence-electron chi connectivity index (χ3n) is 4.90. The highest BCUT2D eigenvalue weighted by molar-refractivity contribution is 5.94. The number of nitrogens with zero attached hydrogens (tertiary/aromatic N) is 2. The van der Waals surface area contributed by atoms with Gasteiger partial charge in [-0.05, 0) is 45.0 Å². The topological polar surface area (TPSA) is 93.5 Å². The van der Waals surface area contributed by atoms with E-state index in [2.05, 4.69) is 5.32 Å². The van der Waals surface area contributed by atoms with E-state index in [1.807, 2.05) is 32.9 Å². The van der Waals surface area contributed by atoms with Crippen LogP contribution in [0.1, 0.15) is 25.4 Å². The summed E-state index contributed by atoms with van der Waals surface area (Å²) >= 11 is 0. The van der Waals surface area contributed by atoms with Crippen LogP contribution in [0.4, 0.5) is 10.5 Å². The lowest BCUT2D eigenvalue weighted by Crippen LogP contribution is -2.47. The van der Waals surface area contributed by atoms with Gasteiger partial charge in [-0.2, -0.15) is 0 Å². The summed E-state index contributed by atoms with van der Waals surface area (Å²) in [5, 5.41) is 2.83. The molecule has 1 heterocycles. The molecule has 0 saturated carbocycles. The van der Waals surface area contributed by atoms with E-state index in [0.717, 1.165) is 5.76 Å². The number of aryl methyl sites for hydroxylation is 1. The minimum Gasteiger partial charge on any atom is -0.497 e. The number of furan rings is 1. The van der Waals surface area contributed by atoms with Crippen molar-refractivity contribution in [3.05, 3.63) is 41.9 Å². The smallest absolute Gasteiger partial charge is 0.322 e. The molecule has 176 valence electrons. The maximum absolute atomic E-state index is 13.1. The van der Waals surface area contributed by atoms with E-state index in [-0.39, 0.29) is 18.5 Å². The Morgan fingerprint density at radius 3 is 2.41 bits per heavy atom. The van der Waals surface area contributed by atoms with Gasteiger partial charge in [-0.25, -0.2) is 4.79 Å². The van der Waals surface area contributed by atoms with Gasteiger partial charge in [0.25, 0.3) is 0 Å². The van der Waals surface area contributed by atoms with Crippen molar-refractivity contribution in [2.24, 2.45) is 0 Å². The Labute approximate surface area is 189 Å². The molecule has 0 saturated heterocycles. The summed E-state index contributed by atoms with van der Waals surface area (Å²) in [4.78, 5) is 29.2. The van der Waals surface area contributed by atoms with Crippen molar-refractivity contribution in [1.82, 2.24) is 9.80 Å². The van der Waals surface area contributed by atoms with E-state index in [9.17, 15) is 9.59 Å². The van der Waals surface area contributed by atoms with Gasteiger partial charge in [-0.1, -0.05) is 0 Å². The van der Waals surface area contributed by atoms with Gasteiger partial charge in [-0.15, -0.1) is 0 Å². The normalized spacial score (nSPS) is 10.7. The number of carbonyl (C=O) groups is 2. The summed E-state index contributed by atoms with van der Waals surface area (Å²) in [6.45, 7) is 6.53. The SMILES string of the molecule is COCCN(Cc1ccc(C)o1)C(=O)CN(C(=O)Nc1ccc(OC)cc1OC)C(C)C. The first-order valence-corrected chi connectivity index (χ1v) is 10.4. The molecule has 0 atom stereocenters. The lowest BCUT2D eigenvalue weighted by molar-refractivity contribution is -0.133. The quantitative estimate of drug-likeness (QED) is 0.567. The summed E-state index contributed by atoms with van der Waals surface area (Å²) < 4.78 is 21.3. The van der Waals surface area contributed by atoms with Crippen LogP contribution in [0.3, 0.4) is 0 Å². The minimum atomic E-state index is -0.405. The van der Waals surface area contributed by atoms with E-state index in [1.54, 1.807) is 37.3 Å². The lowest BCUT2D eigenvalue weighted by Gasteiger charge is -2.30. The van der Waals surface area contributed by atoms with Gasteiger partial charge in [0.1, 0.15) is 29.6 Å². The number of carbonyl (C=O) groups excluding carboxylic acids is 2. The molecule has 0 aliphatic rings. The molecule has 0 fully saturated rings. The molecule has 3 amide bonds. The zero-order valence-electron chi connectivity index (χ0n) is 19.6. The van der Waals surface area contributed by atoms with Crippen molar-refractivity contribution < 1.29 is 28.2 Å². The van der Waals surface area contributed by atoms with Crippen molar-refractivity contribution in [2.75, 3.05) is 46.3 Å². The van der Waals surface area contributed by atoms with Crippen LogP contribution in [-0.2, 0) is 16.1 Å². The van der Waals surface area contributed by atoms with Crippen LogP contribution in [0.15, 0.2) is 34.7 Å². The predicted molar refractivity (Wildman–Crippen MR) is 121 cm³/mol. The van der Waals surface area contributed by atoms with Crippen LogP contribution >= 0.6 is 0 Å². The van der Waals surface area contributed by atoms with E-state index in [1.165, 1.54) is 12.0 Å². The van der Waals surface area contributed by atoms with Gasteiger partial charge in [0.15, 0.2) is 0 Å². The lowest BCUT2D eigenvalue weighted by atomic mass is 10.2. The summed E-state index contributed by atoms with van der Waals surface area (Å²) in [5.41, 5.74) is 0.485. The number of benzene rings is 1. The molecule has 0 unspecified atom stereocenters. The van der Waals surface area contributed by atoms with E-state index in [0.29, 0.717) is 42.6 Å². The fourth-order valence-corrected chi connectivity index (χ4v) is 3.08. The Bertz CT molecular complexity index is 896. The first-order chi connectivity index (χ1) is 15.3. The average molecular weight is 448 g/mol. The van der Waals surface area contributed by atoms with Gasteiger partial charge in [0.2, 0.25) is 5.91 Å². The maximum atomic E-state index is 13.1. The van der Waals surface area contributed by atoms with Crippen LogP contribution in [0.2, 0.25) is 0 Å². The summed E-state index contributed by atoms with van der Waals surface area (Å²) in [5.74, 6) is 2.31. The first kappa shape index (κ1) is 25.1. The third kappa shape index (κ3) is 6.91. The second-order valence-corrected chi connectivity index (χ2v) is 7.54. The Morgan fingerprint density at radius 1 is 1.09 bits per heavy atom. The number of urea groups is 1. The van der Waals surface area contributed by atoms with Crippen LogP contribution in [0, 0.1) is 6.92 Å². The molecule has 9 nitrogen and oxygen atoms in total. The van der Waals surface area contributed by atoms with E-state index >= 15 is 0 Å². The Balaban J connectivity index is 2.14. The van der Waals surface area contributed by atoms with Crippen LogP contribution in [0.25, 0.3) is 0 Å². The number of amides is 3. The Hall–Kier alpha value is -3.20. The Morgan fingerprint density at radius 2 is 1.84 bits per heavy atom. The largest absolute Gasteiger partial charge is 0.497 e. The van der Waals surface area contributed by atoms with Gasteiger partial charge >= 0.3 is 6.03 Å². The number of methoxy groups -OCH3 is 3. The van der Waals surface area contributed by atoms with Crippen LogP contribution in [-0.4, -0.2) is 68.8 Å². The van der Waals surface area contributed by atoms with Crippen LogP contribution in [0.5, 0.6) is 11.5 Å². The molecule has 1 aromatic heterocycles. The van der Waals surface area contributed by atoms with Gasteiger partial charge in [0, 0.05) is 25.8 Å². The maximum Gasteiger partial charge on any atom is 0.322 e. The average Bonchev–Trinajstić information content (AvgIpc) is 3.19. The predicted octanol–water partition coefficient (Wildman–Crippen LogP) is 3.52. The molecule has 32 heavy (non-hydrogen) atoms. The molecule has 0 aliphatic heterocycles. The number of hydrogen-bond acceptors (Lipinski definition) is 6. The molecule has 1 N–H and O–H groups in total. The molecule has 2 rings (SSSR count). The van der Waals surface area contributed by atoms with Crippen molar-refractivity contribution in [3.63, 3.8) is 0 Å². The number of hydrogen-bond donors (Lipinski definition) is 1. The molecular formula is C23H33N3O6. The summed E-state index contributed by atoms with van der Waals surface area (Å²) in [7, 11) is 4.65. The third-order valence-corrected chi connectivity index (χ3v) is 4.90. The molecule has 0 radical (unpaired) electrons. The zero-order chi connectivity index (χ0) is 23.7. The molecule has 0 spiro atoms. The van der Waals surface area contributed by atoms with Crippen molar-refractivity contribution >= 4 is 17.6 Å². The molecule has 2 aromatic rings. The zero-order valence-corrected chi connectivity index (χ0v) is 19.6. The van der Waals surface area contributed by atoms with Gasteiger partial charge in [0.05, 0.1) is 33.1 Å². The summed E-state index contributed by atoms with van der Waals surface area (Å²) in [6.07, 6.45) is 0. The highest BCUT2D eigenvalue weighted by Gasteiger charge is 2.25. The second-order valence-electron chi connectivity index (χ2n) is 7.54. The monoisotopic (exact) mass is 447 g/mol. The number of anilines is 1. The molecule has 9 heteroatoms. The van der Waals surface area contributed by atoms with Crippen LogP contribution < -0.4 is 14.8 Å². The van der Waals surface area contributed by atoms with Gasteiger partial charge < -0.3 is 33.7 Å².